The first kappa shape index (κ1) is 10.8. The topological polar surface area (TPSA) is 17.8 Å². The predicted octanol–water partition coefficient (Wildman–Crippen LogP) is 3.28. The molecule has 3 heteroatoms. The third kappa shape index (κ3) is 3.14. The van der Waals surface area contributed by atoms with Crippen molar-refractivity contribution >= 4 is 15.9 Å². The fraction of sp³-hybridized carbons (Fsp3) is 0.700. The second kappa shape index (κ2) is 5.43. The van der Waals surface area contributed by atoms with E-state index in [4.69, 9.17) is 0 Å². The summed E-state index contributed by atoms with van der Waals surface area (Å²) >= 11 is 3.45. The summed E-state index contributed by atoms with van der Waals surface area (Å²) in [7, 11) is 0. The number of aryl methyl sites for hydroxylation is 2. The summed E-state index contributed by atoms with van der Waals surface area (Å²) in [6.45, 7) is 5.34. The lowest BCUT2D eigenvalue weighted by atomic mass is 10.2. The zero-order valence-electron chi connectivity index (χ0n) is 8.39. The van der Waals surface area contributed by atoms with Crippen LogP contribution in [0.5, 0.6) is 0 Å². The molecule has 2 nitrogen and oxygen atoms in total. The van der Waals surface area contributed by atoms with Crippen LogP contribution in [0.15, 0.2) is 6.20 Å². The zero-order valence-corrected chi connectivity index (χ0v) is 9.97. The number of hydrogen-bond donors (Lipinski definition) is 0. The van der Waals surface area contributed by atoms with Gasteiger partial charge in [-0.2, -0.15) is 5.10 Å². The van der Waals surface area contributed by atoms with E-state index in [-0.39, 0.29) is 0 Å². The number of hydrogen-bond acceptors (Lipinski definition) is 1. The molecule has 0 saturated heterocycles. The van der Waals surface area contributed by atoms with Gasteiger partial charge in [-0.3, -0.25) is 4.68 Å². The van der Waals surface area contributed by atoms with E-state index in [2.05, 4.69) is 45.8 Å². The van der Waals surface area contributed by atoms with Crippen molar-refractivity contribution in [1.82, 2.24) is 9.78 Å². The van der Waals surface area contributed by atoms with Gasteiger partial charge in [-0.05, 0) is 13.3 Å². The molecule has 0 aromatic carbocycles. The lowest BCUT2D eigenvalue weighted by molar-refractivity contribution is 0.550. The summed E-state index contributed by atoms with van der Waals surface area (Å²) in [6, 6.07) is 0. The summed E-state index contributed by atoms with van der Waals surface area (Å²) in [5, 5.41) is 5.35. The Morgan fingerprint density at radius 1 is 1.46 bits per heavy atom. The van der Waals surface area contributed by atoms with Crippen LogP contribution in [0.1, 0.15) is 37.4 Å². The molecule has 0 saturated carbocycles. The van der Waals surface area contributed by atoms with Gasteiger partial charge in [0, 0.05) is 23.6 Å². The van der Waals surface area contributed by atoms with Crippen LogP contribution in [0, 0.1) is 6.92 Å². The highest BCUT2D eigenvalue weighted by molar-refractivity contribution is 9.08. The van der Waals surface area contributed by atoms with Crippen LogP contribution in [0.3, 0.4) is 0 Å². The van der Waals surface area contributed by atoms with Crippen LogP contribution in [0.2, 0.25) is 0 Å². The Balaban J connectivity index is 2.48. The number of nitrogens with zero attached hydrogens (tertiary/aromatic N) is 2. The first-order chi connectivity index (χ1) is 6.27. The third-order valence-corrected chi connectivity index (χ3v) is 2.79. The lowest BCUT2D eigenvalue weighted by Gasteiger charge is -1.98. The summed E-state index contributed by atoms with van der Waals surface area (Å²) in [5.41, 5.74) is 2.45. The van der Waals surface area contributed by atoms with Crippen molar-refractivity contribution in [1.29, 1.82) is 0 Å². The lowest BCUT2D eigenvalue weighted by Crippen LogP contribution is -1.98. The molecule has 0 radical (unpaired) electrons. The standard InChI is InChI=1S/C10H17BrN2/c1-3-4-5-6-13-8-10(7-11)9(2)12-13/h8H,3-7H2,1-2H3. The normalized spacial score (nSPS) is 10.7. The van der Waals surface area contributed by atoms with Crippen molar-refractivity contribution in [2.75, 3.05) is 0 Å². The quantitative estimate of drug-likeness (QED) is 0.575. The van der Waals surface area contributed by atoms with Crippen molar-refractivity contribution in [3.05, 3.63) is 17.5 Å². The molecular formula is C10H17BrN2. The van der Waals surface area contributed by atoms with E-state index in [0.717, 1.165) is 17.6 Å². The van der Waals surface area contributed by atoms with Crippen molar-refractivity contribution in [3.8, 4) is 0 Å². The van der Waals surface area contributed by atoms with Crippen molar-refractivity contribution in [2.24, 2.45) is 0 Å². The highest BCUT2D eigenvalue weighted by Crippen LogP contribution is 2.10. The largest absolute Gasteiger partial charge is 0.272 e. The molecule has 0 aliphatic rings. The Morgan fingerprint density at radius 3 is 2.77 bits per heavy atom. The van der Waals surface area contributed by atoms with Crippen LogP contribution in [0.25, 0.3) is 0 Å². The fourth-order valence-electron chi connectivity index (χ4n) is 1.33. The Bertz CT molecular complexity index is 255. The summed E-state index contributed by atoms with van der Waals surface area (Å²) in [5.74, 6) is 0. The monoisotopic (exact) mass is 244 g/mol. The molecule has 1 rings (SSSR count). The molecule has 0 bridgehead atoms. The molecule has 0 atom stereocenters. The van der Waals surface area contributed by atoms with E-state index in [1.54, 1.807) is 0 Å². The average molecular weight is 245 g/mol. The van der Waals surface area contributed by atoms with Crippen LogP contribution in [-0.2, 0) is 11.9 Å². The Labute approximate surface area is 88.5 Å². The maximum atomic E-state index is 4.44. The van der Waals surface area contributed by atoms with Crippen LogP contribution in [-0.4, -0.2) is 9.78 Å². The molecule has 0 aliphatic carbocycles. The van der Waals surface area contributed by atoms with Gasteiger partial charge >= 0.3 is 0 Å². The molecule has 1 aromatic heterocycles. The molecule has 0 amide bonds. The molecule has 1 aromatic rings. The molecule has 1 heterocycles. The highest BCUT2D eigenvalue weighted by Gasteiger charge is 2.01. The van der Waals surface area contributed by atoms with Gasteiger partial charge in [-0.1, -0.05) is 35.7 Å². The minimum Gasteiger partial charge on any atom is -0.272 e. The van der Waals surface area contributed by atoms with Gasteiger partial charge in [-0.25, -0.2) is 0 Å². The van der Waals surface area contributed by atoms with E-state index < -0.39 is 0 Å². The number of rotatable bonds is 5. The molecular weight excluding hydrogens is 228 g/mol. The first-order valence-corrected chi connectivity index (χ1v) is 5.99. The minimum absolute atomic E-state index is 0.909. The molecule has 0 N–H and O–H groups in total. The van der Waals surface area contributed by atoms with Crippen molar-refractivity contribution < 1.29 is 0 Å². The molecule has 0 fully saturated rings. The SMILES string of the molecule is CCCCCn1cc(CBr)c(C)n1. The summed E-state index contributed by atoms with van der Waals surface area (Å²) < 4.78 is 2.06. The first-order valence-electron chi connectivity index (χ1n) is 4.86. The Kier molecular flexibility index (Phi) is 4.50. The van der Waals surface area contributed by atoms with Crippen molar-refractivity contribution in [3.63, 3.8) is 0 Å². The Morgan fingerprint density at radius 2 is 2.23 bits per heavy atom. The third-order valence-electron chi connectivity index (χ3n) is 2.18. The molecule has 0 unspecified atom stereocenters. The second-order valence-corrected chi connectivity index (χ2v) is 3.90. The number of unbranched alkanes of at least 4 members (excludes halogenated alkanes) is 2. The van der Waals surface area contributed by atoms with Gasteiger partial charge in [-0.15, -0.1) is 0 Å². The maximum absolute atomic E-state index is 4.44. The summed E-state index contributed by atoms with van der Waals surface area (Å²) in [4.78, 5) is 0. The van der Waals surface area contributed by atoms with Gasteiger partial charge in [0.2, 0.25) is 0 Å². The predicted molar refractivity (Wildman–Crippen MR) is 59.1 cm³/mol. The zero-order chi connectivity index (χ0) is 9.68. The fourth-order valence-corrected chi connectivity index (χ4v) is 1.88. The van der Waals surface area contributed by atoms with Crippen LogP contribution < -0.4 is 0 Å². The maximum Gasteiger partial charge on any atom is 0.0634 e. The number of aromatic nitrogens is 2. The number of halogens is 1. The van der Waals surface area contributed by atoms with Crippen LogP contribution >= 0.6 is 15.9 Å². The smallest absolute Gasteiger partial charge is 0.0634 e. The number of alkyl halides is 1. The molecule has 13 heavy (non-hydrogen) atoms. The van der Waals surface area contributed by atoms with E-state index in [1.165, 1.54) is 24.8 Å². The second-order valence-electron chi connectivity index (χ2n) is 3.34. The minimum atomic E-state index is 0.909. The molecule has 0 aliphatic heterocycles. The Hall–Kier alpha value is -0.310. The average Bonchev–Trinajstić information content (AvgIpc) is 2.47. The van der Waals surface area contributed by atoms with Gasteiger partial charge in [0.05, 0.1) is 5.69 Å². The van der Waals surface area contributed by atoms with Gasteiger partial charge in [0.25, 0.3) is 0 Å². The van der Waals surface area contributed by atoms with E-state index >= 15 is 0 Å². The molecule has 0 spiro atoms. The summed E-state index contributed by atoms with van der Waals surface area (Å²) in [6.07, 6.45) is 5.94. The molecule has 74 valence electrons. The van der Waals surface area contributed by atoms with Gasteiger partial charge in [0.1, 0.15) is 0 Å². The van der Waals surface area contributed by atoms with Crippen LogP contribution in [0.4, 0.5) is 0 Å². The van der Waals surface area contributed by atoms with E-state index in [9.17, 15) is 0 Å². The van der Waals surface area contributed by atoms with E-state index in [1.807, 2.05) is 0 Å². The highest BCUT2D eigenvalue weighted by atomic mass is 79.9. The van der Waals surface area contributed by atoms with Gasteiger partial charge in [0.15, 0.2) is 0 Å². The van der Waals surface area contributed by atoms with Crippen molar-refractivity contribution in [2.45, 2.75) is 45.0 Å². The van der Waals surface area contributed by atoms with Gasteiger partial charge < -0.3 is 0 Å². The van der Waals surface area contributed by atoms with E-state index in [0.29, 0.717) is 0 Å².